The number of unbranched alkanes of at least 4 members (excludes halogenated alkanes) is 1. The van der Waals surface area contributed by atoms with Crippen LogP contribution in [0.15, 0.2) is 0 Å². The summed E-state index contributed by atoms with van der Waals surface area (Å²) in [4.78, 5) is 11.6. The lowest BCUT2D eigenvalue weighted by atomic mass is 9.98. The molecule has 1 saturated carbocycles. The van der Waals surface area contributed by atoms with E-state index in [2.05, 4.69) is 12.2 Å². The van der Waals surface area contributed by atoms with Crippen molar-refractivity contribution in [2.45, 2.75) is 70.4 Å². The Balaban J connectivity index is 2.00. The Morgan fingerprint density at radius 3 is 2.78 bits per heavy atom. The molecular formula is C14H28N2O2. The molecule has 0 aromatic carbocycles. The number of carbonyl (C=O) groups excluding carboxylic acids is 1. The van der Waals surface area contributed by atoms with Gasteiger partial charge in [-0.2, -0.15) is 0 Å². The summed E-state index contributed by atoms with van der Waals surface area (Å²) in [6.45, 7) is 3.29. The molecule has 0 aromatic heterocycles. The highest BCUT2D eigenvalue weighted by atomic mass is 16.5. The standard InChI is InChI=1S/C14H28N2O2/c1-2-3-9-13(15)14(17)16-10-11-18-12-7-5-4-6-8-12/h12-13H,2-11,15H2,1H3,(H,16,17)/t13-/m0/s1. The van der Waals surface area contributed by atoms with Crippen molar-refractivity contribution in [3.8, 4) is 0 Å². The van der Waals surface area contributed by atoms with Gasteiger partial charge in [0.1, 0.15) is 0 Å². The van der Waals surface area contributed by atoms with Crippen LogP contribution in [0.5, 0.6) is 0 Å². The van der Waals surface area contributed by atoms with E-state index in [1.165, 1.54) is 32.1 Å². The third-order valence-corrected chi connectivity index (χ3v) is 3.51. The first-order valence-electron chi connectivity index (χ1n) is 7.39. The fourth-order valence-corrected chi connectivity index (χ4v) is 2.32. The molecule has 1 aliphatic rings. The largest absolute Gasteiger partial charge is 0.376 e. The van der Waals surface area contributed by atoms with Crippen LogP contribution in [0, 0.1) is 0 Å². The molecule has 3 N–H and O–H groups in total. The maximum Gasteiger partial charge on any atom is 0.236 e. The van der Waals surface area contributed by atoms with Crippen LogP contribution in [0.2, 0.25) is 0 Å². The van der Waals surface area contributed by atoms with Crippen molar-refractivity contribution < 1.29 is 9.53 Å². The molecule has 4 nitrogen and oxygen atoms in total. The monoisotopic (exact) mass is 256 g/mol. The number of nitrogens with one attached hydrogen (secondary N) is 1. The summed E-state index contributed by atoms with van der Waals surface area (Å²) < 4.78 is 5.74. The quantitative estimate of drug-likeness (QED) is 0.653. The molecule has 1 amide bonds. The maximum atomic E-state index is 11.6. The van der Waals surface area contributed by atoms with Crippen LogP contribution < -0.4 is 11.1 Å². The molecule has 0 saturated heterocycles. The average molecular weight is 256 g/mol. The summed E-state index contributed by atoms with van der Waals surface area (Å²) in [5.41, 5.74) is 5.78. The van der Waals surface area contributed by atoms with Gasteiger partial charge in [0.15, 0.2) is 0 Å². The summed E-state index contributed by atoms with van der Waals surface area (Å²) in [5, 5.41) is 2.84. The Hall–Kier alpha value is -0.610. The highest BCUT2D eigenvalue weighted by molar-refractivity contribution is 5.81. The predicted octanol–water partition coefficient (Wildman–Crippen LogP) is 1.97. The van der Waals surface area contributed by atoms with Crippen LogP contribution in [0.25, 0.3) is 0 Å². The molecule has 0 aliphatic heterocycles. The number of amides is 1. The van der Waals surface area contributed by atoms with Crippen molar-refractivity contribution in [3.63, 3.8) is 0 Å². The number of rotatable bonds is 8. The predicted molar refractivity (Wildman–Crippen MR) is 73.3 cm³/mol. The van der Waals surface area contributed by atoms with Gasteiger partial charge >= 0.3 is 0 Å². The summed E-state index contributed by atoms with van der Waals surface area (Å²) in [6, 6.07) is -0.361. The zero-order chi connectivity index (χ0) is 13.2. The summed E-state index contributed by atoms with van der Waals surface area (Å²) in [7, 11) is 0. The van der Waals surface area contributed by atoms with Gasteiger partial charge in [-0.1, -0.05) is 39.0 Å². The van der Waals surface area contributed by atoms with E-state index in [1.807, 2.05) is 0 Å². The van der Waals surface area contributed by atoms with Crippen LogP contribution >= 0.6 is 0 Å². The van der Waals surface area contributed by atoms with Crippen LogP contribution in [0.1, 0.15) is 58.3 Å². The van der Waals surface area contributed by atoms with Gasteiger partial charge in [-0.3, -0.25) is 4.79 Å². The topological polar surface area (TPSA) is 64.4 Å². The molecule has 0 bridgehead atoms. The Labute approximate surface area is 111 Å². The smallest absolute Gasteiger partial charge is 0.236 e. The highest BCUT2D eigenvalue weighted by Gasteiger charge is 2.14. The fourth-order valence-electron chi connectivity index (χ4n) is 2.32. The molecule has 1 aliphatic carbocycles. The number of carbonyl (C=O) groups is 1. The van der Waals surface area contributed by atoms with Gasteiger partial charge in [-0.25, -0.2) is 0 Å². The minimum absolute atomic E-state index is 0.0457. The molecule has 4 heteroatoms. The normalized spacial score (nSPS) is 18.6. The maximum absolute atomic E-state index is 11.6. The lowest BCUT2D eigenvalue weighted by Crippen LogP contribution is -2.42. The van der Waals surface area contributed by atoms with E-state index in [-0.39, 0.29) is 11.9 Å². The molecule has 18 heavy (non-hydrogen) atoms. The van der Waals surface area contributed by atoms with E-state index in [1.54, 1.807) is 0 Å². The van der Waals surface area contributed by atoms with E-state index in [9.17, 15) is 4.79 Å². The summed E-state index contributed by atoms with van der Waals surface area (Å²) in [5.74, 6) is -0.0457. The summed E-state index contributed by atoms with van der Waals surface area (Å²) in [6.07, 6.45) is 9.49. The van der Waals surface area contributed by atoms with Crippen molar-refractivity contribution in [2.24, 2.45) is 5.73 Å². The highest BCUT2D eigenvalue weighted by Crippen LogP contribution is 2.19. The summed E-state index contributed by atoms with van der Waals surface area (Å²) >= 11 is 0. The second-order valence-electron chi connectivity index (χ2n) is 5.17. The van der Waals surface area contributed by atoms with Gasteiger partial charge in [-0.15, -0.1) is 0 Å². The Kier molecular flexibility index (Phi) is 8.01. The van der Waals surface area contributed by atoms with Gasteiger partial charge < -0.3 is 15.8 Å². The van der Waals surface area contributed by atoms with Crippen molar-refractivity contribution in [1.29, 1.82) is 0 Å². The van der Waals surface area contributed by atoms with Gasteiger partial charge in [0.25, 0.3) is 0 Å². The zero-order valence-corrected chi connectivity index (χ0v) is 11.6. The van der Waals surface area contributed by atoms with Gasteiger partial charge in [0.2, 0.25) is 5.91 Å². The Morgan fingerprint density at radius 1 is 1.39 bits per heavy atom. The van der Waals surface area contributed by atoms with E-state index in [0.29, 0.717) is 19.3 Å². The van der Waals surface area contributed by atoms with Crippen LogP contribution in [-0.4, -0.2) is 31.2 Å². The first-order valence-corrected chi connectivity index (χ1v) is 7.39. The molecule has 1 fully saturated rings. The molecule has 0 heterocycles. The van der Waals surface area contributed by atoms with Gasteiger partial charge in [0.05, 0.1) is 18.8 Å². The lowest BCUT2D eigenvalue weighted by Gasteiger charge is -2.22. The van der Waals surface area contributed by atoms with Crippen molar-refractivity contribution >= 4 is 5.91 Å². The minimum Gasteiger partial charge on any atom is -0.376 e. The van der Waals surface area contributed by atoms with Crippen LogP contribution in [0.4, 0.5) is 0 Å². The van der Waals surface area contributed by atoms with Gasteiger partial charge in [-0.05, 0) is 19.3 Å². The molecular weight excluding hydrogens is 228 g/mol. The molecule has 1 atom stereocenters. The minimum atomic E-state index is -0.361. The van der Waals surface area contributed by atoms with Crippen molar-refractivity contribution in [1.82, 2.24) is 5.32 Å². The number of hydrogen-bond acceptors (Lipinski definition) is 3. The number of hydrogen-bond donors (Lipinski definition) is 2. The van der Waals surface area contributed by atoms with E-state index in [4.69, 9.17) is 10.5 Å². The first kappa shape index (κ1) is 15.4. The third kappa shape index (κ3) is 6.36. The van der Waals surface area contributed by atoms with Crippen LogP contribution in [0.3, 0.4) is 0 Å². The van der Waals surface area contributed by atoms with E-state index in [0.717, 1.165) is 19.3 Å². The van der Waals surface area contributed by atoms with Gasteiger partial charge in [0, 0.05) is 6.54 Å². The Bertz CT molecular complexity index is 228. The van der Waals surface area contributed by atoms with Crippen molar-refractivity contribution in [3.05, 3.63) is 0 Å². The second-order valence-corrected chi connectivity index (χ2v) is 5.17. The first-order chi connectivity index (χ1) is 8.74. The average Bonchev–Trinajstić information content (AvgIpc) is 2.41. The second kappa shape index (κ2) is 9.34. The third-order valence-electron chi connectivity index (χ3n) is 3.51. The molecule has 0 radical (unpaired) electrons. The molecule has 106 valence electrons. The number of nitrogens with two attached hydrogens (primary N) is 1. The zero-order valence-electron chi connectivity index (χ0n) is 11.6. The van der Waals surface area contributed by atoms with Crippen molar-refractivity contribution in [2.75, 3.05) is 13.2 Å². The Morgan fingerprint density at radius 2 is 2.11 bits per heavy atom. The molecule has 0 spiro atoms. The number of ether oxygens (including phenoxy) is 1. The molecule has 0 aromatic rings. The van der Waals surface area contributed by atoms with E-state index < -0.39 is 0 Å². The van der Waals surface area contributed by atoms with E-state index >= 15 is 0 Å². The lowest BCUT2D eigenvalue weighted by molar-refractivity contribution is -0.122. The fraction of sp³-hybridized carbons (Fsp3) is 0.929. The van der Waals surface area contributed by atoms with Crippen LogP contribution in [-0.2, 0) is 9.53 Å². The molecule has 0 unspecified atom stereocenters. The SMILES string of the molecule is CCCC[C@H](N)C(=O)NCCOC1CCCCC1. The molecule has 1 rings (SSSR count).